The number of fused-ring (bicyclic) bond motifs is 3. The fraction of sp³-hybridized carbons (Fsp3) is 0.407. The Morgan fingerprint density at radius 1 is 1.13 bits per heavy atom. The van der Waals surface area contributed by atoms with Crippen LogP contribution in [0.5, 0.6) is 0 Å². The Morgan fingerprint density at radius 3 is 2.87 bits per heavy atom. The highest BCUT2D eigenvalue weighted by molar-refractivity contribution is 6.06. The van der Waals surface area contributed by atoms with Crippen molar-refractivity contribution in [2.75, 3.05) is 11.4 Å². The first-order valence-corrected chi connectivity index (χ1v) is 11.6. The van der Waals surface area contributed by atoms with Gasteiger partial charge in [-0.3, -0.25) is 4.79 Å². The van der Waals surface area contributed by atoms with Gasteiger partial charge in [0, 0.05) is 35.9 Å². The Balaban J connectivity index is 1.34. The first-order valence-electron chi connectivity index (χ1n) is 11.6. The second-order valence-electron chi connectivity index (χ2n) is 9.84. The van der Waals surface area contributed by atoms with Gasteiger partial charge in [-0.25, -0.2) is 4.98 Å². The Hall–Kier alpha value is -2.88. The van der Waals surface area contributed by atoms with E-state index in [0.717, 1.165) is 53.7 Å². The SMILES string of the molecule is Cc1cc(C(=O)N2CCC3(CCCC4CC43)Cc3ccccc32)ccc1-n1ccnc1. The van der Waals surface area contributed by atoms with Gasteiger partial charge in [0.2, 0.25) is 0 Å². The topological polar surface area (TPSA) is 38.1 Å². The van der Waals surface area contributed by atoms with Crippen LogP contribution < -0.4 is 4.90 Å². The summed E-state index contributed by atoms with van der Waals surface area (Å²) < 4.78 is 1.99. The summed E-state index contributed by atoms with van der Waals surface area (Å²) in [4.78, 5) is 19.9. The molecule has 2 fully saturated rings. The molecule has 3 atom stereocenters. The van der Waals surface area contributed by atoms with Crippen LogP contribution in [0.2, 0.25) is 0 Å². The molecule has 3 aromatic rings. The quantitative estimate of drug-likeness (QED) is 0.552. The van der Waals surface area contributed by atoms with E-state index < -0.39 is 0 Å². The summed E-state index contributed by atoms with van der Waals surface area (Å²) in [6.45, 7) is 2.88. The molecule has 6 rings (SSSR count). The summed E-state index contributed by atoms with van der Waals surface area (Å²) in [7, 11) is 0. The van der Waals surface area contributed by atoms with Crippen LogP contribution >= 0.6 is 0 Å². The number of nitrogens with zero attached hydrogens (tertiary/aromatic N) is 3. The number of anilines is 1. The van der Waals surface area contributed by atoms with Gasteiger partial charge >= 0.3 is 0 Å². The molecule has 0 N–H and O–H groups in total. The van der Waals surface area contributed by atoms with Crippen molar-refractivity contribution < 1.29 is 4.79 Å². The summed E-state index contributed by atoms with van der Waals surface area (Å²) in [5.41, 5.74) is 5.77. The smallest absolute Gasteiger partial charge is 0.258 e. The predicted octanol–water partition coefficient (Wildman–Crippen LogP) is 5.58. The number of aryl methyl sites for hydroxylation is 1. The number of hydrogen-bond acceptors (Lipinski definition) is 2. The molecule has 2 aromatic carbocycles. The molecule has 0 bridgehead atoms. The molecule has 3 unspecified atom stereocenters. The van der Waals surface area contributed by atoms with Crippen molar-refractivity contribution in [2.45, 2.75) is 45.4 Å². The van der Waals surface area contributed by atoms with Gasteiger partial charge in [-0.1, -0.05) is 31.0 Å². The van der Waals surface area contributed by atoms with Gasteiger partial charge in [0.25, 0.3) is 5.91 Å². The van der Waals surface area contributed by atoms with Crippen LogP contribution in [0.3, 0.4) is 0 Å². The van der Waals surface area contributed by atoms with Gasteiger partial charge in [-0.15, -0.1) is 0 Å². The van der Waals surface area contributed by atoms with E-state index in [1.165, 1.54) is 31.2 Å². The number of imidazole rings is 1. The molecule has 31 heavy (non-hydrogen) atoms. The molecule has 158 valence electrons. The number of carbonyl (C=O) groups is 1. The van der Waals surface area contributed by atoms with E-state index in [-0.39, 0.29) is 5.91 Å². The lowest BCUT2D eigenvalue weighted by molar-refractivity contribution is 0.0978. The summed E-state index contributed by atoms with van der Waals surface area (Å²) in [5.74, 6) is 1.94. The lowest BCUT2D eigenvalue weighted by atomic mass is 9.68. The predicted molar refractivity (Wildman–Crippen MR) is 123 cm³/mol. The molecule has 3 aliphatic rings. The van der Waals surface area contributed by atoms with E-state index >= 15 is 0 Å². The zero-order valence-electron chi connectivity index (χ0n) is 18.1. The largest absolute Gasteiger partial charge is 0.308 e. The van der Waals surface area contributed by atoms with Crippen molar-refractivity contribution in [3.8, 4) is 5.69 Å². The van der Waals surface area contributed by atoms with Gasteiger partial charge < -0.3 is 9.47 Å². The zero-order valence-corrected chi connectivity index (χ0v) is 18.1. The van der Waals surface area contributed by atoms with Crippen LogP contribution in [-0.2, 0) is 6.42 Å². The summed E-state index contributed by atoms with van der Waals surface area (Å²) >= 11 is 0. The Labute approximate surface area is 183 Å². The standard InChI is InChI=1S/C27H29N3O/c1-19-15-21(8-9-24(19)29-14-12-28-18-29)26(31)30-13-11-27(10-4-6-20-16-23(20)27)17-22-5-2-3-7-25(22)30/h2-3,5,7-9,12,14-15,18,20,23H,4,6,10-11,13,16-17H2,1H3. The van der Waals surface area contributed by atoms with Crippen molar-refractivity contribution in [3.05, 3.63) is 77.9 Å². The fourth-order valence-corrected chi connectivity index (χ4v) is 6.44. The molecule has 1 aliphatic heterocycles. The lowest BCUT2D eigenvalue weighted by Crippen LogP contribution is -2.35. The van der Waals surface area contributed by atoms with Crippen molar-refractivity contribution in [3.63, 3.8) is 0 Å². The van der Waals surface area contributed by atoms with Crippen molar-refractivity contribution in [1.82, 2.24) is 9.55 Å². The van der Waals surface area contributed by atoms with Gasteiger partial charge in [0.1, 0.15) is 0 Å². The molecule has 0 saturated heterocycles. The molecular weight excluding hydrogens is 382 g/mol. The second-order valence-corrected chi connectivity index (χ2v) is 9.84. The third kappa shape index (κ3) is 3.12. The minimum Gasteiger partial charge on any atom is -0.308 e. The first-order chi connectivity index (χ1) is 15.1. The molecule has 0 radical (unpaired) electrons. The Kier molecular flexibility index (Phi) is 4.31. The van der Waals surface area contributed by atoms with Crippen molar-refractivity contribution >= 4 is 11.6 Å². The van der Waals surface area contributed by atoms with Crippen LogP contribution in [-0.4, -0.2) is 22.0 Å². The lowest BCUT2D eigenvalue weighted by Gasteiger charge is -2.37. The third-order valence-electron chi connectivity index (χ3n) is 8.09. The van der Waals surface area contributed by atoms with Gasteiger partial charge in [-0.2, -0.15) is 0 Å². The van der Waals surface area contributed by atoms with E-state index in [1.807, 2.05) is 29.0 Å². The highest BCUT2D eigenvalue weighted by Crippen LogP contribution is 2.62. The van der Waals surface area contributed by atoms with E-state index in [2.05, 4.69) is 41.1 Å². The molecule has 4 heteroatoms. The first kappa shape index (κ1) is 18.9. The number of hydrogen-bond donors (Lipinski definition) is 0. The normalized spacial score (nSPS) is 26.8. The molecule has 1 spiro atoms. The van der Waals surface area contributed by atoms with Gasteiger partial charge in [-0.05, 0) is 85.3 Å². The molecule has 1 amide bonds. The monoisotopic (exact) mass is 411 g/mol. The molecule has 2 saturated carbocycles. The van der Waals surface area contributed by atoms with E-state index in [0.29, 0.717) is 5.41 Å². The van der Waals surface area contributed by atoms with Gasteiger partial charge in [0.15, 0.2) is 0 Å². The number of para-hydroxylation sites is 1. The van der Waals surface area contributed by atoms with Crippen LogP contribution in [0.1, 0.15) is 53.6 Å². The molecule has 2 aliphatic carbocycles. The third-order valence-corrected chi connectivity index (χ3v) is 8.09. The number of benzene rings is 2. The number of carbonyl (C=O) groups excluding carboxylic acids is 1. The summed E-state index contributed by atoms with van der Waals surface area (Å²) in [5, 5.41) is 0. The Morgan fingerprint density at radius 2 is 2.03 bits per heavy atom. The fourth-order valence-electron chi connectivity index (χ4n) is 6.44. The maximum atomic E-state index is 13.7. The molecular formula is C27H29N3O. The maximum Gasteiger partial charge on any atom is 0.258 e. The maximum absolute atomic E-state index is 13.7. The van der Waals surface area contributed by atoms with Crippen LogP contribution in [0, 0.1) is 24.2 Å². The van der Waals surface area contributed by atoms with Crippen LogP contribution in [0.25, 0.3) is 5.69 Å². The van der Waals surface area contributed by atoms with E-state index in [9.17, 15) is 4.79 Å². The Bertz CT molecular complexity index is 1140. The van der Waals surface area contributed by atoms with Crippen LogP contribution in [0.15, 0.2) is 61.2 Å². The summed E-state index contributed by atoms with van der Waals surface area (Å²) in [6.07, 6.45) is 13.3. The summed E-state index contributed by atoms with van der Waals surface area (Å²) in [6, 6.07) is 14.6. The van der Waals surface area contributed by atoms with Crippen molar-refractivity contribution in [2.24, 2.45) is 17.3 Å². The van der Waals surface area contributed by atoms with Gasteiger partial charge in [0.05, 0.1) is 6.33 Å². The minimum atomic E-state index is 0.118. The molecule has 1 aromatic heterocycles. The molecule has 2 heterocycles. The average Bonchev–Trinajstić information content (AvgIpc) is 3.44. The minimum absolute atomic E-state index is 0.118. The second kappa shape index (κ2) is 7.08. The number of aromatic nitrogens is 2. The number of amides is 1. The van der Waals surface area contributed by atoms with Crippen LogP contribution in [0.4, 0.5) is 5.69 Å². The highest BCUT2D eigenvalue weighted by atomic mass is 16.2. The van der Waals surface area contributed by atoms with E-state index in [4.69, 9.17) is 0 Å². The van der Waals surface area contributed by atoms with E-state index in [1.54, 1.807) is 12.5 Å². The number of rotatable bonds is 2. The molecule has 4 nitrogen and oxygen atoms in total. The highest BCUT2D eigenvalue weighted by Gasteiger charge is 2.55. The average molecular weight is 412 g/mol. The zero-order chi connectivity index (χ0) is 21.0. The van der Waals surface area contributed by atoms with Crippen molar-refractivity contribution in [1.29, 1.82) is 0 Å².